The van der Waals surface area contributed by atoms with E-state index < -0.39 is 0 Å². The maximum Gasteiger partial charge on any atom is -0.0184 e. The molecule has 24 rings (SSSR count). The van der Waals surface area contributed by atoms with Crippen molar-refractivity contribution in [3.63, 3.8) is 0 Å². The Bertz CT molecular complexity index is 6370. The minimum Gasteiger partial charge on any atom is -0.0623 e. The molecule has 23 aromatic rings. The van der Waals surface area contributed by atoms with E-state index in [0.717, 1.165) is 0 Å². The quantitative estimate of drug-likeness (QED) is 0.0752. The third-order valence-electron chi connectivity index (χ3n) is 24.4. The van der Waals surface area contributed by atoms with Crippen molar-refractivity contribution >= 4 is 32.3 Å². The van der Waals surface area contributed by atoms with Crippen LogP contribution in [0.1, 0.15) is 98.9 Å². The minimum absolute atomic E-state index is 0.0287. The van der Waals surface area contributed by atoms with Gasteiger partial charge in [0.1, 0.15) is 0 Å². The van der Waals surface area contributed by atoms with Crippen molar-refractivity contribution in [2.45, 2.75) is 42.9 Å². The van der Waals surface area contributed by atoms with Crippen LogP contribution in [0.25, 0.3) is 54.6 Å². The topological polar surface area (TPSA) is 0 Å². The smallest absolute Gasteiger partial charge is 0.0184 e. The summed E-state index contributed by atoms with van der Waals surface area (Å²) in [4.78, 5) is 0. The van der Waals surface area contributed by atoms with Crippen LogP contribution in [-0.2, 0) is 10.8 Å². The van der Waals surface area contributed by atoms with Crippen LogP contribution in [0.15, 0.2) is 655 Å². The van der Waals surface area contributed by atoms with Crippen molar-refractivity contribution < 1.29 is 21.2 Å². The van der Waals surface area contributed by atoms with Crippen molar-refractivity contribution in [1.82, 2.24) is 0 Å². The van der Waals surface area contributed by atoms with Gasteiger partial charge in [-0.05, 0) is 121 Å². The second-order valence-corrected chi connectivity index (χ2v) is 36.7. The third-order valence-corrected chi connectivity index (χ3v) is 27.1. The van der Waals surface area contributed by atoms with Gasteiger partial charge in [-0.3, -0.25) is 0 Å². The Kier molecular flexibility index (Phi) is 37.7. The van der Waals surface area contributed by atoms with Crippen LogP contribution in [0.5, 0.6) is 0 Å². The Morgan fingerprint density at radius 3 is 0.543 bits per heavy atom. The molecule has 0 aliphatic heterocycles. The SMILES string of the molecule is CCC.c1ccc(-c2ccccc2)cc1.c1ccc(C(c2ccccc2)(c2ccccc2)c2ccccc2)cc1.c1ccc(C(c2ccccc2)C(c2ccccc2)c2ccccc2)cc1.c1ccc(C2(c3ccccc3)c3ccccc3-c3ccccc32)cc1.c1ccc([I-]c2ccccc2)cc1.c1ccc2ccccc2c1.c1ccc2ccccc2c1.c1ccc2ccccc2c1.c1ccccc1. The number of hydrogen-bond acceptors (Lipinski definition) is 0. The Labute approximate surface area is 841 Å². The van der Waals surface area contributed by atoms with Gasteiger partial charge in [0.15, 0.2) is 0 Å². The molecule has 682 valence electrons. The van der Waals surface area contributed by atoms with Gasteiger partial charge in [-0.15, -0.1) is 0 Å². The summed E-state index contributed by atoms with van der Waals surface area (Å²) in [5.41, 5.74) is 20.5. The first-order valence-electron chi connectivity index (χ1n) is 48.4. The molecule has 0 nitrogen and oxygen atoms in total. The molecule has 0 bridgehead atoms. The van der Waals surface area contributed by atoms with Crippen LogP contribution in [0, 0.1) is 7.14 Å². The van der Waals surface area contributed by atoms with E-state index in [1.807, 2.05) is 48.5 Å². The normalized spacial score (nSPS) is 10.9. The molecule has 23 aromatic carbocycles. The molecule has 1 aliphatic carbocycles. The van der Waals surface area contributed by atoms with Crippen molar-refractivity contribution in [3.8, 4) is 22.3 Å². The standard InChI is InChI=1S/C26H22.C25H18.C25H20.C12H10I.C12H10.3C10H8.C6H6.C3H8/c1-5-13-21(14-6-1)25(22-15-7-2-8-16-22)26(23-17-9-3-10-18-23)24-19-11-4-12-20-24;1-3-11-19(12-4-1)25(20-13-5-2-6-14-20)23-17-9-7-15-21(23)22-16-8-10-18-24(22)25;1-5-13-21(14-6-1)25(22-15-7-2-8-16-22,23-17-9-3-10-18-23)24-19-11-4-12-20-24;1-3-7-11(8-4-1)13-12-9-5-2-6-10-12;1-3-7-11(8-4-1)12-9-5-2-6-10-12;3*1-2-6-10-8-4-3-7-9(10)5-1;1-2-4-6-5-3-1;1-3-2/h1-20,25-26H;1-18H;1-20H;1-10H;1-10H;3*1-8H;1-6H;3H2,1-2H3/q;;;-1;;;;;;. The molecule has 0 spiro atoms. The van der Waals surface area contributed by atoms with Gasteiger partial charge in [0.05, 0.1) is 10.8 Å². The van der Waals surface area contributed by atoms with Gasteiger partial charge in [0.2, 0.25) is 0 Å². The number of rotatable bonds is 14. The molecule has 0 radical (unpaired) electrons. The summed E-state index contributed by atoms with van der Waals surface area (Å²) in [7, 11) is 0. The van der Waals surface area contributed by atoms with Gasteiger partial charge < -0.3 is 0 Å². The number of fused-ring (bicyclic) bond motifs is 6. The second-order valence-electron chi connectivity index (χ2n) is 33.7. The molecule has 0 fully saturated rings. The van der Waals surface area contributed by atoms with E-state index in [1.54, 1.807) is 0 Å². The van der Waals surface area contributed by atoms with Crippen LogP contribution >= 0.6 is 0 Å². The molecule has 0 amide bonds. The number of halogens is 1. The monoisotopic (exact) mass is 1910 g/mol. The van der Waals surface area contributed by atoms with Gasteiger partial charge in [0.25, 0.3) is 0 Å². The van der Waals surface area contributed by atoms with E-state index in [9.17, 15) is 0 Å². The van der Waals surface area contributed by atoms with E-state index in [-0.39, 0.29) is 43.9 Å². The molecule has 0 saturated heterocycles. The minimum atomic E-state index is -0.328. The molecule has 0 atom stereocenters. The average molecular weight is 1920 g/mol. The first-order valence-corrected chi connectivity index (χ1v) is 50.6. The summed E-state index contributed by atoms with van der Waals surface area (Å²) in [6, 6.07) is 230. The zero-order valence-corrected chi connectivity index (χ0v) is 81.8. The summed E-state index contributed by atoms with van der Waals surface area (Å²) in [5, 5.41) is 7.86. The molecule has 0 aromatic heterocycles. The number of hydrogen-bond donors (Lipinski definition) is 0. The second kappa shape index (κ2) is 53.8. The Morgan fingerprint density at radius 1 is 0.171 bits per heavy atom. The summed E-state index contributed by atoms with van der Waals surface area (Å²) < 4.78 is 2.96. The van der Waals surface area contributed by atoms with E-state index in [4.69, 9.17) is 0 Å². The zero-order valence-electron chi connectivity index (χ0n) is 79.6. The summed E-state index contributed by atoms with van der Waals surface area (Å²) >= 11 is 0.0287. The Morgan fingerprint density at radius 2 is 0.329 bits per heavy atom. The molecule has 0 saturated carbocycles. The van der Waals surface area contributed by atoms with Gasteiger partial charge in [0, 0.05) is 11.8 Å². The molecule has 140 heavy (non-hydrogen) atoms. The fourth-order valence-corrected chi connectivity index (χ4v) is 20.3. The molecule has 0 heterocycles. The van der Waals surface area contributed by atoms with Crippen LogP contribution < -0.4 is 21.2 Å². The van der Waals surface area contributed by atoms with E-state index >= 15 is 0 Å². The van der Waals surface area contributed by atoms with Crippen LogP contribution in [0.4, 0.5) is 0 Å². The fourth-order valence-electron chi connectivity index (χ4n) is 18.1. The zero-order chi connectivity index (χ0) is 95.8. The van der Waals surface area contributed by atoms with Crippen molar-refractivity contribution in [3.05, 3.63) is 729 Å². The van der Waals surface area contributed by atoms with Crippen LogP contribution in [0.3, 0.4) is 0 Å². The van der Waals surface area contributed by atoms with E-state index in [1.165, 1.54) is 135 Å². The Hall–Kier alpha value is -16.4. The van der Waals surface area contributed by atoms with Gasteiger partial charge in [-0.2, -0.15) is 0 Å². The van der Waals surface area contributed by atoms with Crippen LogP contribution in [-0.4, -0.2) is 0 Å². The first kappa shape index (κ1) is 98.1. The molecular formula is C139H118I-. The third kappa shape index (κ3) is 26.6. The maximum absolute atomic E-state index is 2.29. The van der Waals surface area contributed by atoms with Gasteiger partial charge in [-0.1, -0.05) is 615 Å². The van der Waals surface area contributed by atoms with E-state index in [2.05, 4.69) is 620 Å². The van der Waals surface area contributed by atoms with Crippen molar-refractivity contribution in [2.75, 3.05) is 0 Å². The Balaban J connectivity index is 0.000000123. The molecule has 1 aliphatic rings. The summed E-state index contributed by atoms with van der Waals surface area (Å²) in [5.74, 6) is 0.532. The fraction of sp³-hybridized carbons (Fsp3) is 0.0504. The first-order chi connectivity index (χ1) is 69.5. The summed E-state index contributed by atoms with van der Waals surface area (Å²) in [6.45, 7) is 4.25. The predicted molar refractivity (Wildman–Crippen MR) is 594 cm³/mol. The van der Waals surface area contributed by atoms with Crippen LogP contribution in [0.2, 0.25) is 0 Å². The predicted octanol–water partition coefficient (Wildman–Crippen LogP) is 33.6. The maximum atomic E-state index is 2.29. The van der Waals surface area contributed by atoms with Crippen molar-refractivity contribution in [2.24, 2.45) is 0 Å². The van der Waals surface area contributed by atoms with Gasteiger partial charge >= 0.3 is 89.0 Å². The molecule has 0 unspecified atom stereocenters. The molecule has 1 heteroatoms. The summed E-state index contributed by atoms with van der Waals surface area (Å²) in [6.07, 6.45) is 1.25. The molecule has 0 N–H and O–H groups in total. The van der Waals surface area contributed by atoms with Crippen molar-refractivity contribution in [1.29, 1.82) is 0 Å². The van der Waals surface area contributed by atoms with Gasteiger partial charge in [-0.25, -0.2) is 0 Å². The molecular weight excluding hydrogens is 1800 g/mol. The largest absolute Gasteiger partial charge is 0.0623 e. The number of benzene rings is 23. The average Bonchev–Trinajstić information content (AvgIpc) is 1.64. The van der Waals surface area contributed by atoms with E-state index in [0.29, 0.717) is 0 Å².